The Kier molecular flexibility index (Phi) is 5.29. The van der Waals surface area contributed by atoms with Crippen molar-refractivity contribution in [3.8, 4) is 0 Å². The molecule has 9 nitrogen and oxygen atoms in total. The van der Waals surface area contributed by atoms with Gasteiger partial charge < -0.3 is 11.5 Å². The normalized spacial score (nSPS) is 16.0. The molecule has 0 aromatic carbocycles. The highest BCUT2D eigenvalue weighted by atomic mass is 32.3. The molecule has 126 valence electrons. The molecule has 1 aromatic rings. The van der Waals surface area contributed by atoms with E-state index in [1.165, 1.54) is 6.07 Å². The van der Waals surface area contributed by atoms with Gasteiger partial charge in [-0.15, -0.1) is 0 Å². The Hall–Kier alpha value is -2.04. The van der Waals surface area contributed by atoms with Gasteiger partial charge in [0.25, 0.3) is 5.91 Å². The summed E-state index contributed by atoms with van der Waals surface area (Å²) in [5.74, 6) is -1.61. The number of amides is 1. The van der Waals surface area contributed by atoms with Gasteiger partial charge >= 0.3 is 10.4 Å². The highest BCUT2D eigenvalue weighted by Crippen LogP contribution is 2.24. The molecular formula is C13H18N4O5S. The van der Waals surface area contributed by atoms with Crippen LogP contribution in [0.1, 0.15) is 42.3 Å². The summed E-state index contributed by atoms with van der Waals surface area (Å²) in [5.41, 5.74) is 12.1. The molecule has 1 aliphatic carbocycles. The van der Waals surface area contributed by atoms with Crippen molar-refractivity contribution in [2.75, 3.05) is 0 Å². The van der Waals surface area contributed by atoms with Crippen molar-refractivity contribution in [3.63, 3.8) is 0 Å². The SMILES string of the molecule is NC(N)=NC(=O)C(OS(=O)(=O)O)c1ccc2c(n1)CCCCC2. The lowest BCUT2D eigenvalue weighted by Crippen LogP contribution is -2.27. The molecule has 5 N–H and O–H groups in total. The summed E-state index contributed by atoms with van der Waals surface area (Å²) in [7, 11) is -4.89. The average Bonchev–Trinajstić information content (AvgIpc) is 2.67. The number of carbonyl (C=O) groups excluding carboxylic acids is 1. The maximum Gasteiger partial charge on any atom is 0.398 e. The number of fused-ring (bicyclic) bond motifs is 1. The minimum absolute atomic E-state index is 0.0262. The lowest BCUT2D eigenvalue weighted by atomic mass is 10.1. The lowest BCUT2D eigenvalue weighted by Gasteiger charge is -2.14. The van der Waals surface area contributed by atoms with Crippen LogP contribution in [0, 0.1) is 0 Å². The van der Waals surface area contributed by atoms with Crippen LogP contribution >= 0.6 is 0 Å². The number of hydrogen-bond acceptors (Lipinski definition) is 5. The average molecular weight is 342 g/mol. The smallest absolute Gasteiger partial charge is 0.370 e. The second-order valence-corrected chi connectivity index (χ2v) is 6.23. The van der Waals surface area contributed by atoms with E-state index in [1.54, 1.807) is 6.07 Å². The molecule has 0 saturated heterocycles. The van der Waals surface area contributed by atoms with E-state index in [-0.39, 0.29) is 5.69 Å². The van der Waals surface area contributed by atoms with E-state index in [9.17, 15) is 13.2 Å². The number of aromatic nitrogens is 1. The van der Waals surface area contributed by atoms with Crippen LogP contribution in [0.4, 0.5) is 0 Å². The molecule has 23 heavy (non-hydrogen) atoms. The van der Waals surface area contributed by atoms with Gasteiger partial charge in [0.1, 0.15) is 0 Å². The maximum atomic E-state index is 12.0. The van der Waals surface area contributed by atoms with Crippen LogP contribution in [0.2, 0.25) is 0 Å². The Bertz CT molecular complexity index is 728. The van der Waals surface area contributed by atoms with Crippen LogP contribution in [-0.2, 0) is 32.2 Å². The highest BCUT2D eigenvalue weighted by Gasteiger charge is 2.29. The second kappa shape index (κ2) is 7.02. The fourth-order valence-corrected chi connectivity index (χ4v) is 2.87. The first kappa shape index (κ1) is 17.3. The monoisotopic (exact) mass is 342 g/mol. The third kappa shape index (κ3) is 4.98. The van der Waals surface area contributed by atoms with Gasteiger partial charge in [0.15, 0.2) is 5.96 Å². The van der Waals surface area contributed by atoms with Crippen molar-refractivity contribution in [1.29, 1.82) is 0 Å². The molecule has 0 fully saturated rings. The Balaban J connectivity index is 2.40. The number of rotatable bonds is 4. The molecule has 0 spiro atoms. The van der Waals surface area contributed by atoms with E-state index in [1.807, 2.05) is 0 Å². The van der Waals surface area contributed by atoms with Crippen molar-refractivity contribution in [2.45, 2.75) is 38.2 Å². The van der Waals surface area contributed by atoms with Gasteiger partial charge in [0.2, 0.25) is 6.10 Å². The molecule has 0 saturated carbocycles. The van der Waals surface area contributed by atoms with Crippen molar-refractivity contribution in [1.82, 2.24) is 4.98 Å². The summed E-state index contributed by atoms with van der Waals surface area (Å²) in [6, 6.07) is 3.24. The van der Waals surface area contributed by atoms with Gasteiger partial charge in [-0.1, -0.05) is 12.5 Å². The molecule has 1 heterocycles. The van der Waals surface area contributed by atoms with Crippen molar-refractivity contribution in [2.24, 2.45) is 16.5 Å². The van der Waals surface area contributed by atoms with Crippen LogP contribution < -0.4 is 11.5 Å². The number of hydrogen-bond donors (Lipinski definition) is 3. The molecular weight excluding hydrogens is 324 g/mol. The van der Waals surface area contributed by atoms with Crippen LogP contribution in [0.3, 0.4) is 0 Å². The first-order valence-corrected chi connectivity index (χ1v) is 8.40. The van der Waals surface area contributed by atoms with Crippen LogP contribution in [-0.4, -0.2) is 29.8 Å². The number of aryl methyl sites for hydroxylation is 2. The van der Waals surface area contributed by atoms with Crippen LogP contribution in [0.15, 0.2) is 17.1 Å². The summed E-state index contributed by atoms with van der Waals surface area (Å²) in [6.45, 7) is 0. The highest BCUT2D eigenvalue weighted by molar-refractivity contribution is 7.80. The molecule has 1 aromatic heterocycles. The third-order valence-corrected chi connectivity index (χ3v) is 3.84. The van der Waals surface area contributed by atoms with Gasteiger partial charge in [0, 0.05) is 5.69 Å². The third-order valence-electron chi connectivity index (χ3n) is 3.40. The predicted molar refractivity (Wildman–Crippen MR) is 81.7 cm³/mol. The molecule has 1 atom stereocenters. The minimum atomic E-state index is -4.89. The molecule has 1 unspecified atom stereocenters. The molecule has 10 heteroatoms. The first-order valence-electron chi connectivity index (χ1n) is 7.04. The minimum Gasteiger partial charge on any atom is -0.370 e. The Labute approximate surface area is 133 Å². The van der Waals surface area contributed by atoms with E-state index in [2.05, 4.69) is 14.2 Å². The number of nitrogens with zero attached hydrogens (tertiary/aromatic N) is 2. The van der Waals surface area contributed by atoms with E-state index in [0.717, 1.165) is 43.4 Å². The predicted octanol–water partition coefficient (Wildman–Crippen LogP) is 0.0110. The van der Waals surface area contributed by atoms with E-state index < -0.39 is 28.4 Å². The van der Waals surface area contributed by atoms with Crippen molar-refractivity contribution in [3.05, 3.63) is 29.1 Å². The molecule has 2 rings (SSSR count). The van der Waals surface area contributed by atoms with Gasteiger partial charge in [-0.3, -0.25) is 14.3 Å². The van der Waals surface area contributed by atoms with Gasteiger partial charge in [0.05, 0.1) is 5.69 Å². The molecule has 1 aliphatic rings. The molecule has 0 radical (unpaired) electrons. The van der Waals surface area contributed by atoms with Crippen LogP contribution in [0.25, 0.3) is 0 Å². The summed E-state index contributed by atoms with van der Waals surface area (Å²) < 4.78 is 35.3. The largest absolute Gasteiger partial charge is 0.398 e. The number of pyridine rings is 1. The summed E-state index contributed by atoms with van der Waals surface area (Å²) in [4.78, 5) is 19.6. The number of nitrogens with two attached hydrogens (primary N) is 2. The van der Waals surface area contributed by atoms with E-state index in [0.29, 0.717) is 0 Å². The molecule has 0 bridgehead atoms. The quantitative estimate of drug-likeness (QED) is 0.299. The molecule has 0 aliphatic heterocycles. The maximum absolute atomic E-state index is 12.0. The zero-order chi connectivity index (χ0) is 17.0. The standard InChI is InChI=1S/C13H18N4O5S/c14-13(15)17-12(18)11(22-23(19,20)21)10-7-6-8-4-2-1-3-5-9(8)16-10/h6-7,11H,1-5H2,(H,19,20,21)(H4,14,15,17,18). The second-order valence-electron chi connectivity index (χ2n) is 5.18. The zero-order valence-electron chi connectivity index (χ0n) is 12.3. The fraction of sp³-hybridized carbons (Fsp3) is 0.462. The zero-order valence-corrected chi connectivity index (χ0v) is 13.1. The van der Waals surface area contributed by atoms with E-state index >= 15 is 0 Å². The lowest BCUT2D eigenvalue weighted by molar-refractivity contribution is -0.125. The van der Waals surface area contributed by atoms with Crippen LogP contribution in [0.5, 0.6) is 0 Å². The number of carbonyl (C=O) groups is 1. The summed E-state index contributed by atoms with van der Waals surface area (Å²) in [6.07, 6.45) is 2.93. The van der Waals surface area contributed by atoms with Gasteiger partial charge in [-0.05, 0) is 37.3 Å². The Morgan fingerprint density at radius 2 is 1.96 bits per heavy atom. The fourth-order valence-electron chi connectivity index (χ4n) is 2.45. The molecule has 1 amide bonds. The summed E-state index contributed by atoms with van der Waals surface area (Å²) in [5, 5.41) is 0. The Morgan fingerprint density at radius 1 is 1.26 bits per heavy atom. The number of guanidine groups is 1. The van der Waals surface area contributed by atoms with Crippen molar-refractivity contribution >= 4 is 22.3 Å². The first-order chi connectivity index (χ1) is 10.8. The Morgan fingerprint density at radius 3 is 2.61 bits per heavy atom. The topological polar surface area (TPSA) is 158 Å². The van der Waals surface area contributed by atoms with E-state index in [4.69, 9.17) is 16.0 Å². The van der Waals surface area contributed by atoms with Gasteiger partial charge in [-0.2, -0.15) is 13.4 Å². The summed E-state index contributed by atoms with van der Waals surface area (Å²) >= 11 is 0. The van der Waals surface area contributed by atoms with Crippen molar-refractivity contribution < 1.29 is 21.9 Å². The van der Waals surface area contributed by atoms with Gasteiger partial charge in [-0.25, -0.2) is 4.18 Å². The number of aliphatic imine (C=N–C) groups is 1.